The van der Waals surface area contributed by atoms with Crippen LogP contribution in [0.3, 0.4) is 0 Å². The fourth-order valence-electron chi connectivity index (χ4n) is 3.27. The normalized spacial score (nSPS) is 16.4. The Hall–Kier alpha value is -2.99. The molecule has 2 amide bonds. The molecule has 0 aliphatic carbocycles. The van der Waals surface area contributed by atoms with E-state index in [4.69, 9.17) is 21.1 Å². The molecule has 0 saturated heterocycles. The average Bonchev–Trinajstić information content (AvgIpc) is 2.71. The Kier molecular flexibility index (Phi) is 6.67. The van der Waals surface area contributed by atoms with Crippen molar-refractivity contribution in [2.24, 2.45) is 0 Å². The molecule has 1 aliphatic heterocycles. The predicted octanol–water partition coefficient (Wildman–Crippen LogP) is 4.55. The first-order valence-electron chi connectivity index (χ1n) is 9.71. The minimum absolute atomic E-state index is 0.0393. The van der Waals surface area contributed by atoms with Crippen LogP contribution in [0.25, 0.3) is 0 Å². The first-order chi connectivity index (χ1) is 14.3. The number of aryl methyl sites for hydroxylation is 2. The highest BCUT2D eigenvalue weighted by Gasteiger charge is 2.37. The number of carbonyl (C=O) groups is 2. The Morgan fingerprint density at radius 1 is 1.17 bits per heavy atom. The molecule has 6 nitrogen and oxygen atoms in total. The number of halogens is 1. The average molecular weight is 429 g/mol. The Labute approximate surface area is 181 Å². The number of nitrogens with one attached hydrogen (secondary N) is 1. The highest BCUT2D eigenvalue weighted by molar-refractivity contribution is 6.30. The maximum absolute atomic E-state index is 12.9. The van der Waals surface area contributed by atoms with Crippen molar-refractivity contribution in [3.63, 3.8) is 0 Å². The molecule has 3 rings (SSSR count). The molecule has 0 radical (unpaired) electrons. The van der Waals surface area contributed by atoms with Crippen LogP contribution in [0.4, 0.5) is 4.79 Å². The zero-order valence-corrected chi connectivity index (χ0v) is 18.2. The zero-order chi connectivity index (χ0) is 21.8. The van der Waals surface area contributed by atoms with Crippen LogP contribution in [-0.4, -0.2) is 37.2 Å². The molecule has 0 saturated carbocycles. The van der Waals surface area contributed by atoms with Gasteiger partial charge in [-0.1, -0.05) is 29.8 Å². The van der Waals surface area contributed by atoms with E-state index in [1.807, 2.05) is 38.1 Å². The summed E-state index contributed by atoms with van der Waals surface area (Å²) < 4.78 is 11.3. The fraction of sp³-hybridized carbons (Fsp3) is 0.304. The van der Waals surface area contributed by atoms with Crippen molar-refractivity contribution in [3.8, 4) is 5.75 Å². The SMILES string of the molecule is CCOC(=O)C1=C(COc2ccc(C)c(C)c2)N(C)C(=O)N[C@H]1c1cccc(Cl)c1. The predicted molar refractivity (Wildman–Crippen MR) is 116 cm³/mol. The van der Waals surface area contributed by atoms with Crippen molar-refractivity contribution >= 4 is 23.6 Å². The van der Waals surface area contributed by atoms with Crippen LogP contribution in [0.15, 0.2) is 53.7 Å². The molecule has 2 aromatic rings. The number of likely N-dealkylation sites (N-methyl/N-ethyl adjacent to an activating group) is 1. The third-order valence-electron chi connectivity index (χ3n) is 5.11. The minimum atomic E-state index is -0.690. The maximum Gasteiger partial charge on any atom is 0.338 e. The van der Waals surface area contributed by atoms with Gasteiger partial charge in [-0.2, -0.15) is 0 Å². The molecular formula is C23H25ClN2O4. The molecule has 30 heavy (non-hydrogen) atoms. The molecule has 1 heterocycles. The van der Waals surface area contributed by atoms with Gasteiger partial charge in [-0.25, -0.2) is 9.59 Å². The zero-order valence-electron chi connectivity index (χ0n) is 17.5. The number of hydrogen-bond donors (Lipinski definition) is 1. The van der Waals surface area contributed by atoms with Gasteiger partial charge in [0.2, 0.25) is 0 Å². The summed E-state index contributed by atoms with van der Waals surface area (Å²) in [5, 5.41) is 3.37. The van der Waals surface area contributed by atoms with E-state index in [1.54, 1.807) is 32.2 Å². The van der Waals surface area contributed by atoms with E-state index in [0.717, 1.165) is 11.1 Å². The number of amides is 2. The summed E-state index contributed by atoms with van der Waals surface area (Å²) in [4.78, 5) is 26.9. The summed E-state index contributed by atoms with van der Waals surface area (Å²) >= 11 is 6.14. The topological polar surface area (TPSA) is 67.9 Å². The van der Waals surface area contributed by atoms with Crippen LogP contribution in [-0.2, 0) is 9.53 Å². The first kappa shape index (κ1) is 21.7. The number of hydrogen-bond acceptors (Lipinski definition) is 4. The van der Waals surface area contributed by atoms with Gasteiger partial charge in [0.15, 0.2) is 0 Å². The van der Waals surface area contributed by atoms with Crippen molar-refractivity contribution in [1.82, 2.24) is 10.2 Å². The van der Waals surface area contributed by atoms with Gasteiger partial charge >= 0.3 is 12.0 Å². The highest BCUT2D eigenvalue weighted by atomic mass is 35.5. The second-order valence-corrected chi connectivity index (χ2v) is 7.55. The lowest BCUT2D eigenvalue weighted by Crippen LogP contribution is -2.48. The molecule has 1 atom stereocenters. The van der Waals surface area contributed by atoms with Gasteiger partial charge in [0, 0.05) is 12.1 Å². The van der Waals surface area contributed by atoms with Gasteiger partial charge < -0.3 is 14.8 Å². The van der Waals surface area contributed by atoms with E-state index in [0.29, 0.717) is 27.6 Å². The third-order valence-corrected chi connectivity index (χ3v) is 5.34. The Bertz CT molecular complexity index is 1000. The van der Waals surface area contributed by atoms with Crippen LogP contribution in [0.1, 0.15) is 29.7 Å². The maximum atomic E-state index is 12.9. The Morgan fingerprint density at radius 3 is 2.60 bits per heavy atom. The monoisotopic (exact) mass is 428 g/mol. The standard InChI is InChI=1S/C23H25ClN2O4/c1-5-29-22(27)20-19(13-30-18-10-9-14(2)15(3)11-18)26(4)23(28)25-21(20)16-7-6-8-17(24)12-16/h6-12,21H,5,13H2,1-4H3,(H,25,28)/t21-/m0/s1. The molecule has 158 valence electrons. The number of rotatable bonds is 6. The van der Waals surface area contributed by atoms with Gasteiger partial charge in [-0.15, -0.1) is 0 Å². The summed E-state index contributed by atoms with van der Waals surface area (Å²) in [7, 11) is 1.60. The first-order valence-corrected chi connectivity index (χ1v) is 10.1. The smallest absolute Gasteiger partial charge is 0.338 e. The van der Waals surface area contributed by atoms with Crippen LogP contribution in [0, 0.1) is 13.8 Å². The second-order valence-electron chi connectivity index (χ2n) is 7.11. The van der Waals surface area contributed by atoms with Gasteiger partial charge in [0.25, 0.3) is 0 Å². The van der Waals surface area contributed by atoms with Gasteiger partial charge in [0.05, 0.1) is 23.9 Å². The molecule has 0 bridgehead atoms. The number of carbonyl (C=O) groups excluding carboxylic acids is 2. The molecular weight excluding hydrogens is 404 g/mol. The summed E-state index contributed by atoms with van der Waals surface area (Å²) in [6, 6.07) is 11.8. The minimum Gasteiger partial charge on any atom is -0.487 e. The van der Waals surface area contributed by atoms with Gasteiger partial charge in [-0.3, -0.25) is 4.90 Å². The molecule has 7 heteroatoms. The van der Waals surface area contributed by atoms with E-state index >= 15 is 0 Å². The van der Waals surface area contributed by atoms with Crippen LogP contribution >= 0.6 is 11.6 Å². The molecule has 1 N–H and O–H groups in total. The van der Waals surface area contributed by atoms with Gasteiger partial charge in [0.1, 0.15) is 12.4 Å². The number of benzene rings is 2. The van der Waals surface area contributed by atoms with Gasteiger partial charge in [-0.05, 0) is 61.7 Å². The van der Waals surface area contributed by atoms with E-state index in [1.165, 1.54) is 4.90 Å². The number of urea groups is 1. The molecule has 0 fully saturated rings. The van der Waals surface area contributed by atoms with E-state index in [2.05, 4.69) is 5.32 Å². The Morgan fingerprint density at radius 2 is 1.93 bits per heavy atom. The Balaban J connectivity index is 2.03. The van der Waals surface area contributed by atoms with Crippen molar-refractivity contribution in [2.75, 3.05) is 20.3 Å². The summed E-state index contributed by atoms with van der Waals surface area (Å²) in [6.07, 6.45) is 0. The van der Waals surface area contributed by atoms with Crippen molar-refractivity contribution < 1.29 is 19.1 Å². The van der Waals surface area contributed by atoms with E-state index in [-0.39, 0.29) is 19.2 Å². The van der Waals surface area contributed by atoms with Crippen molar-refractivity contribution in [2.45, 2.75) is 26.8 Å². The van der Waals surface area contributed by atoms with Crippen LogP contribution < -0.4 is 10.1 Å². The number of esters is 1. The quantitative estimate of drug-likeness (QED) is 0.685. The lowest BCUT2D eigenvalue weighted by molar-refractivity contribution is -0.139. The highest BCUT2D eigenvalue weighted by Crippen LogP contribution is 2.32. The number of nitrogens with zero attached hydrogens (tertiary/aromatic N) is 1. The largest absolute Gasteiger partial charge is 0.487 e. The number of ether oxygens (including phenoxy) is 2. The molecule has 2 aromatic carbocycles. The lowest BCUT2D eigenvalue weighted by atomic mass is 9.95. The summed E-state index contributed by atoms with van der Waals surface area (Å²) in [6.45, 7) is 6.02. The van der Waals surface area contributed by atoms with Crippen LogP contribution in [0.2, 0.25) is 5.02 Å². The lowest BCUT2D eigenvalue weighted by Gasteiger charge is -2.34. The fourth-order valence-corrected chi connectivity index (χ4v) is 3.47. The van der Waals surface area contributed by atoms with E-state index in [9.17, 15) is 9.59 Å². The second kappa shape index (κ2) is 9.22. The van der Waals surface area contributed by atoms with Crippen molar-refractivity contribution in [3.05, 3.63) is 75.4 Å². The molecule has 0 spiro atoms. The summed E-state index contributed by atoms with van der Waals surface area (Å²) in [5.41, 5.74) is 3.71. The van der Waals surface area contributed by atoms with Crippen molar-refractivity contribution in [1.29, 1.82) is 0 Å². The van der Waals surface area contributed by atoms with Crippen LogP contribution in [0.5, 0.6) is 5.75 Å². The third kappa shape index (κ3) is 4.60. The summed E-state index contributed by atoms with van der Waals surface area (Å²) in [5.74, 6) is 0.153. The van der Waals surface area contributed by atoms with E-state index < -0.39 is 12.0 Å². The molecule has 0 unspecified atom stereocenters. The molecule has 0 aromatic heterocycles. The molecule has 1 aliphatic rings.